The Labute approximate surface area is 131 Å². The summed E-state index contributed by atoms with van der Waals surface area (Å²) in [5.41, 5.74) is 0.863. The highest BCUT2D eigenvalue weighted by Crippen LogP contribution is 2.22. The second kappa shape index (κ2) is 6.30. The van der Waals surface area contributed by atoms with Crippen molar-refractivity contribution in [3.05, 3.63) is 41.8 Å². The summed E-state index contributed by atoms with van der Waals surface area (Å²) < 4.78 is 15.6. The summed E-state index contributed by atoms with van der Waals surface area (Å²) in [6.07, 6.45) is 0. The molecule has 0 saturated carbocycles. The van der Waals surface area contributed by atoms with Crippen molar-refractivity contribution in [3.63, 3.8) is 0 Å². The van der Waals surface area contributed by atoms with Crippen LogP contribution >= 0.6 is 0 Å². The maximum absolute atomic E-state index is 11.9. The van der Waals surface area contributed by atoms with Crippen LogP contribution in [0.15, 0.2) is 39.3 Å². The van der Waals surface area contributed by atoms with Crippen molar-refractivity contribution in [2.75, 3.05) is 11.9 Å². The van der Waals surface area contributed by atoms with Crippen LogP contribution in [0.3, 0.4) is 0 Å². The topological polar surface area (TPSA) is 103 Å². The van der Waals surface area contributed by atoms with E-state index in [0.717, 1.165) is 11.3 Å². The number of ether oxygens (including phenoxy) is 1. The van der Waals surface area contributed by atoms with Gasteiger partial charge in [0.2, 0.25) is 5.89 Å². The zero-order valence-corrected chi connectivity index (χ0v) is 12.6. The molecular formula is C15H14N4O4. The number of carbonyl (C=O) groups is 1. The molecular weight excluding hydrogens is 300 g/mol. The molecule has 0 aliphatic heterocycles. The predicted octanol–water partition coefficient (Wildman–Crippen LogP) is 2.68. The van der Waals surface area contributed by atoms with Gasteiger partial charge in [-0.3, -0.25) is 10.1 Å². The molecule has 1 N–H and O–H groups in total. The third-order valence-corrected chi connectivity index (χ3v) is 2.92. The molecule has 3 rings (SSSR count). The lowest BCUT2D eigenvalue weighted by Crippen LogP contribution is -2.12. The van der Waals surface area contributed by atoms with Gasteiger partial charge in [0.15, 0.2) is 5.69 Å². The molecule has 0 aliphatic carbocycles. The van der Waals surface area contributed by atoms with Crippen molar-refractivity contribution in [1.29, 1.82) is 0 Å². The number of rotatable bonds is 5. The highest BCUT2D eigenvalue weighted by Gasteiger charge is 2.15. The number of benzene rings is 1. The van der Waals surface area contributed by atoms with E-state index in [2.05, 4.69) is 20.7 Å². The third kappa shape index (κ3) is 3.37. The van der Waals surface area contributed by atoms with Crippen LogP contribution in [0.4, 0.5) is 6.01 Å². The summed E-state index contributed by atoms with van der Waals surface area (Å²) in [7, 11) is 0. The van der Waals surface area contributed by atoms with Crippen LogP contribution in [0.1, 0.15) is 23.2 Å². The number of nitrogens with zero attached hydrogens (tertiary/aromatic N) is 3. The van der Waals surface area contributed by atoms with Crippen LogP contribution in [0.5, 0.6) is 5.75 Å². The number of aryl methyl sites for hydroxylation is 1. The van der Waals surface area contributed by atoms with E-state index in [1.807, 2.05) is 6.92 Å². The van der Waals surface area contributed by atoms with Crippen LogP contribution in [-0.2, 0) is 0 Å². The molecule has 0 spiro atoms. The number of carbonyl (C=O) groups excluding carboxylic acids is 1. The van der Waals surface area contributed by atoms with Gasteiger partial charge in [0.1, 0.15) is 11.5 Å². The van der Waals surface area contributed by atoms with Gasteiger partial charge in [0, 0.05) is 11.6 Å². The second-order valence-corrected chi connectivity index (χ2v) is 4.65. The largest absolute Gasteiger partial charge is 0.494 e. The molecule has 8 nitrogen and oxygen atoms in total. The van der Waals surface area contributed by atoms with Crippen LogP contribution in [-0.4, -0.2) is 27.9 Å². The number of nitrogens with one attached hydrogen (secondary N) is 1. The highest BCUT2D eigenvalue weighted by molar-refractivity contribution is 6.01. The Morgan fingerprint density at radius 2 is 2.04 bits per heavy atom. The van der Waals surface area contributed by atoms with E-state index in [4.69, 9.17) is 13.7 Å². The average molecular weight is 314 g/mol. The molecule has 0 radical (unpaired) electrons. The van der Waals surface area contributed by atoms with E-state index >= 15 is 0 Å². The highest BCUT2D eigenvalue weighted by atomic mass is 16.5. The van der Waals surface area contributed by atoms with Crippen LogP contribution in [0, 0.1) is 6.92 Å². The molecule has 0 unspecified atom stereocenters. The van der Waals surface area contributed by atoms with Crippen LogP contribution in [0.2, 0.25) is 0 Å². The minimum Gasteiger partial charge on any atom is -0.494 e. The van der Waals surface area contributed by atoms with Crippen molar-refractivity contribution in [2.24, 2.45) is 0 Å². The molecule has 1 aromatic carbocycles. The Kier molecular flexibility index (Phi) is 4.05. The minimum atomic E-state index is -0.483. The van der Waals surface area contributed by atoms with E-state index in [0.29, 0.717) is 18.3 Å². The van der Waals surface area contributed by atoms with E-state index in [1.165, 1.54) is 6.07 Å². The molecule has 0 atom stereocenters. The number of hydrogen-bond donors (Lipinski definition) is 1. The van der Waals surface area contributed by atoms with E-state index < -0.39 is 5.91 Å². The van der Waals surface area contributed by atoms with Gasteiger partial charge in [-0.1, -0.05) is 10.3 Å². The van der Waals surface area contributed by atoms with Gasteiger partial charge < -0.3 is 13.7 Å². The standard InChI is InChI=1S/C15H14N4O4/c1-3-21-11-6-4-10(5-7-11)14-17-18-15(22-14)16-13(20)12-8-9(2)23-19-12/h4-8H,3H2,1-2H3,(H,16,18,20). The van der Waals surface area contributed by atoms with Gasteiger partial charge in [0.05, 0.1) is 6.61 Å². The lowest BCUT2D eigenvalue weighted by molar-refractivity contribution is 0.101. The smallest absolute Gasteiger partial charge is 0.322 e. The molecule has 2 heterocycles. The molecule has 8 heteroatoms. The lowest BCUT2D eigenvalue weighted by atomic mass is 10.2. The van der Waals surface area contributed by atoms with E-state index in [-0.39, 0.29) is 11.7 Å². The van der Waals surface area contributed by atoms with E-state index in [1.54, 1.807) is 31.2 Å². The van der Waals surface area contributed by atoms with Gasteiger partial charge in [-0.05, 0) is 38.1 Å². The lowest BCUT2D eigenvalue weighted by Gasteiger charge is -2.02. The van der Waals surface area contributed by atoms with Gasteiger partial charge in [-0.2, -0.15) is 0 Å². The molecule has 0 fully saturated rings. The fraction of sp³-hybridized carbons (Fsp3) is 0.200. The summed E-state index contributed by atoms with van der Waals surface area (Å²) in [6.45, 7) is 4.20. The summed E-state index contributed by atoms with van der Waals surface area (Å²) in [4.78, 5) is 11.9. The molecule has 0 aliphatic rings. The Balaban J connectivity index is 1.71. The number of hydrogen-bond acceptors (Lipinski definition) is 7. The van der Waals surface area contributed by atoms with Gasteiger partial charge in [-0.25, -0.2) is 0 Å². The molecule has 118 valence electrons. The van der Waals surface area contributed by atoms with Gasteiger partial charge in [0.25, 0.3) is 5.91 Å². The quantitative estimate of drug-likeness (QED) is 0.772. The van der Waals surface area contributed by atoms with Crippen molar-refractivity contribution in [2.45, 2.75) is 13.8 Å². The average Bonchev–Trinajstić information content (AvgIpc) is 3.18. The molecule has 23 heavy (non-hydrogen) atoms. The van der Waals surface area contributed by atoms with Gasteiger partial charge in [-0.15, -0.1) is 5.10 Å². The number of amides is 1. The zero-order valence-electron chi connectivity index (χ0n) is 12.6. The minimum absolute atomic E-state index is 0.0143. The van der Waals surface area contributed by atoms with Crippen molar-refractivity contribution in [3.8, 4) is 17.2 Å². The van der Waals surface area contributed by atoms with Crippen molar-refractivity contribution < 1.29 is 18.5 Å². The monoisotopic (exact) mass is 314 g/mol. The number of anilines is 1. The first-order valence-electron chi connectivity index (χ1n) is 6.97. The Morgan fingerprint density at radius 3 is 2.70 bits per heavy atom. The summed E-state index contributed by atoms with van der Waals surface area (Å²) in [6, 6.07) is 8.70. The summed E-state index contributed by atoms with van der Waals surface area (Å²) >= 11 is 0. The molecule has 0 saturated heterocycles. The summed E-state index contributed by atoms with van der Waals surface area (Å²) in [5, 5.41) is 13.8. The zero-order chi connectivity index (χ0) is 16.2. The Bertz CT molecular complexity index is 807. The molecule has 3 aromatic rings. The first kappa shape index (κ1) is 14.8. The van der Waals surface area contributed by atoms with Crippen molar-refractivity contribution in [1.82, 2.24) is 15.4 Å². The third-order valence-electron chi connectivity index (χ3n) is 2.92. The maximum atomic E-state index is 11.9. The van der Waals surface area contributed by atoms with E-state index in [9.17, 15) is 4.79 Å². The maximum Gasteiger partial charge on any atom is 0.322 e. The normalized spacial score (nSPS) is 10.5. The predicted molar refractivity (Wildman–Crippen MR) is 80.1 cm³/mol. The van der Waals surface area contributed by atoms with Crippen molar-refractivity contribution >= 4 is 11.9 Å². The van der Waals surface area contributed by atoms with Gasteiger partial charge >= 0.3 is 6.01 Å². The molecule has 2 aromatic heterocycles. The summed E-state index contributed by atoms with van der Waals surface area (Å²) in [5.74, 6) is 1.10. The number of aromatic nitrogens is 3. The Hall–Kier alpha value is -3.16. The molecule has 0 bridgehead atoms. The fourth-order valence-electron chi connectivity index (χ4n) is 1.89. The molecule has 1 amide bonds. The fourth-order valence-corrected chi connectivity index (χ4v) is 1.89. The Morgan fingerprint density at radius 1 is 1.26 bits per heavy atom. The van der Waals surface area contributed by atoms with Crippen LogP contribution < -0.4 is 10.1 Å². The first-order valence-corrected chi connectivity index (χ1v) is 6.97. The SMILES string of the molecule is CCOc1ccc(-c2nnc(NC(=O)c3cc(C)on3)o2)cc1. The second-order valence-electron chi connectivity index (χ2n) is 4.65. The first-order chi connectivity index (χ1) is 11.2. The van der Waals surface area contributed by atoms with Crippen LogP contribution in [0.25, 0.3) is 11.5 Å².